The Morgan fingerprint density at radius 2 is 2.35 bits per heavy atom. The first kappa shape index (κ1) is 10.3. The monoisotopic (exact) mass is 248 g/mol. The van der Waals surface area contributed by atoms with E-state index in [1.54, 1.807) is 23.4 Å². The minimum Gasteiger partial charge on any atom is -0.299 e. The number of hydrogen-bond donors (Lipinski definition) is 1. The molecule has 3 heterocycles. The molecule has 0 radical (unpaired) electrons. The summed E-state index contributed by atoms with van der Waals surface area (Å²) in [5.41, 5.74) is 2.88. The zero-order valence-electron chi connectivity index (χ0n) is 9.07. The first-order chi connectivity index (χ1) is 8.16. The first-order valence-electron chi connectivity index (χ1n) is 5.13. The highest BCUT2D eigenvalue weighted by atomic mass is 35.5. The fourth-order valence-electron chi connectivity index (χ4n) is 1.90. The molecule has 17 heavy (non-hydrogen) atoms. The van der Waals surface area contributed by atoms with Gasteiger partial charge in [-0.2, -0.15) is 5.10 Å². The van der Waals surface area contributed by atoms with Gasteiger partial charge in [0.1, 0.15) is 5.15 Å². The Morgan fingerprint density at radius 3 is 3.06 bits per heavy atom. The van der Waals surface area contributed by atoms with Gasteiger partial charge in [0.25, 0.3) is 5.91 Å². The second-order valence-electron chi connectivity index (χ2n) is 3.94. The SMILES string of the molecule is Cc1cc2c(nc1Cl)CN(c1cn[nH]c1)C2=O. The average molecular weight is 249 g/mol. The second-order valence-corrected chi connectivity index (χ2v) is 4.30. The van der Waals surface area contributed by atoms with Crippen LogP contribution in [-0.2, 0) is 6.54 Å². The lowest BCUT2D eigenvalue weighted by Gasteiger charge is -2.11. The van der Waals surface area contributed by atoms with Crippen molar-refractivity contribution in [1.82, 2.24) is 15.2 Å². The number of carbonyl (C=O) groups is 1. The molecule has 0 spiro atoms. The summed E-state index contributed by atoms with van der Waals surface area (Å²) >= 11 is 5.95. The van der Waals surface area contributed by atoms with Crippen LogP contribution in [0.3, 0.4) is 0 Å². The van der Waals surface area contributed by atoms with Crippen molar-refractivity contribution in [2.75, 3.05) is 4.90 Å². The van der Waals surface area contributed by atoms with E-state index in [0.29, 0.717) is 23.0 Å². The number of aromatic nitrogens is 3. The number of rotatable bonds is 1. The van der Waals surface area contributed by atoms with E-state index in [-0.39, 0.29) is 5.91 Å². The Kier molecular flexibility index (Phi) is 2.16. The van der Waals surface area contributed by atoms with Crippen LogP contribution < -0.4 is 4.90 Å². The van der Waals surface area contributed by atoms with E-state index >= 15 is 0 Å². The van der Waals surface area contributed by atoms with E-state index in [2.05, 4.69) is 15.2 Å². The number of carbonyl (C=O) groups excluding carboxylic acids is 1. The Bertz CT molecular complexity index is 594. The highest BCUT2D eigenvalue weighted by molar-refractivity contribution is 6.30. The third-order valence-electron chi connectivity index (χ3n) is 2.81. The zero-order valence-corrected chi connectivity index (χ0v) is 9.82. The van der Waals surface area contributed by atoms with Crippen molar-refractivity contribution in [3.8, 4) is 0 Å². The number of nitrogens with zero attached hydrogens (tertiary/aromatic N) is 3. The topological polar surface area (TPSA) is 61.9 Å². The molecule has 3 rings (SSSR count). The van der Waals surface area contributed by atoms with E-state index < -0.39 is 0 Å². The number of halogens is 1. The molecule has 1 amide bonds. The van der Waals surface area contributed by atoms with Crippen molar-refractivity contribution in [1.29, 1.82) is 0 Å². The standard InChI is InChI=1S/C11H9ClN4O/c1-6-2-8-9(15-10(6)12)5-16(11(8)17)7-3-13-14-4-7/h2-4H,5H2,1H3,(H,13,14). The van der Waals surface area contributed by atoms with Gasteiger partial charge in [0, 0.05) is 6.20 Å². The summed E-state index contributed by atoms with van der Waals surface area (Å²) in [4.78, 5) is 18.0. The van der Waals surface area contributed by atoms with Crippen molar-refractivity contribution in [3.63, 3.8) is 0 Å². The van der Waals surface area contributed by atoms with Crippen LogP contribution in [0.5, 0.6) is 0 Å². The molecular weight excluding hydrogens is 240 g/mol. The maximum Gasteiger partial charge on any atom is 0.260 e. The highest BCUT2D eigenvalue weighted by Crippen LogP contribution is 2.28. The number of aromatic amines is 1. The van der Waals surface area contributed by atoms with E-state index in [0.717, 1.165) is 11.3 Å². The minimum absolute atomic E-state index is 0.0614. The van der Waals surface area contributed by atoms with Crippen molar-refractivity contribution in [2.24, 2.45) is 0 Å². The number of anilines is 1. The Hall–Kier alpha value is -1.88. The number of amides is 1. The number of nitrogens with one attached hydrogen (secondary N) is 1. The van der Waals surface area contributed by atoms with E-state index in [1.807, 2.05) is 6.92 Å². The lowest BCUT2D eigenvalue weighted by molar-refractivity contribution is 0.0996. The molecule has 1 N–H and O–H groups in total. The predicted molar refractivity (Wildman–Crippen MR) is 63.1 cm³/mol. The van der Waals surface area contributed by atoms with Gasteiger partial charge < -0.3 is 0 Å². The summed E-state index contributed by atoms with van der Waals surface area (Å²) in [6.45, 7) is 2.27. The summed E-state index contributed by atoms with van der Waals surface area (Å²) < 4.78 is 0. The number of H-pyrrole nitrogens is 1. The maximum atomic E-state index is 12.2. The molecule has 6 heteroatoms. The molecule has 0 saturated heterocycles. The van der Waals surface area contributed by atoms with Crippen molar-refractivity contribution in [3.05, 3.63) is 40.4 Å². The Morgan fingerprint density at radius 1 is 1.53 bits per heavy atom. The van der Waals surface area contributed by atoms with E-state index in [9.17, 15) is 4.79 Å². The molecule has 0 atom stereocenters. The summed E-state index contributed by atoms with van der Waals surface area (Å²) in [5, 5.41) is 6.97. The quantitative estimate of drug-likeness (QED) is 0.785. The van der Waals surface area contributed by atoms with Crippen LogP contribution in [0.2, 0.25) is 5.15 Å². The van der Waals surface area contributed by atoms with Crippen molar-refractivity contribution in [2.45, 2.75) is 13.5 Å². The van der Waals surface area contributed by atoms with Crippen LogP contribution in [0.1, 0.15) is 21.6 Å². The van der Waals surface area contributed by atoms with Crippen LogP contribution in [0.4, 0.5) is 5.69 Å². The first-order valence-corrected chi connectivity index (χ1v) is 5.51. The van der Waals surface area contributed by atoms with Gasteiger partial charge in [-0.15, -0.1) is 0 Å². The minimum atomic E-state index is -0.0614. The Labute approximate surface area is 102 Å². The Balaban J connectivity index is 2.06. The number of pyridine rings is 1. The molecule has 0 aliphatic carbocycles. The zero-order chi connectivity index (χ0) is 12.0. The number of aryl methyl sites for hydroxylation is 1. The smallest absolute Gasteiger partial charge is 0.260 e. The normalized spacial score (nSPS) is 14.2. The largest absolute Gasteiger partial charge is 0.299 e. The summed E-state index contributed by atoms with van der Waals surface area (Å²) in [5.74, 6) is -0.0614. The van der Waals surface area contributed by atoms with E-state index in [1.165, 1.54) is 0 Å². The lowest BCUT2D eigenvalue weighted by Crippen LogP contribution is -2.22. The molecule has 0 unspecified atom stereocenters. The highest BCUT2D eigenvalue weighted by Gasteiger charge is 2.30. The second kappa shape index (κ2) is 3.56. The average Bonchev–Trinajstić information content (AvgIpc) is 2.90. The molecule has 0 saturated carbocycles. The molecule has 0 aromatic carbocycles. The number of fused-ring (bicyclic) bond motifs is 1. The molecule has 1 aliphatic rings. The van der Waals surface area contributed by atoms with Crippen LogP contribution in [0.25, 0.3) is 0 Å². The van der Waals surface area contributed by atoms with E-state index in [4.69, 9.17) is 11.6 Å². The van der Waals surface area contributed by atoms with Crippen LogP contribution in [-0.4, -0.2) is 21.1 Å². The maximum absolute atomic E-state index is 12.2. The lowest BCUT2D eigenvalue weighted by atomic mass is 10.2. The van der Waals surface area contributed by atoms with Crippen LogP contribution in [0.15, 0.2) is 18.5 Å². The molecule has 1 aliphatic heterocycles. The van der Waals surface area contributed by atoms with Gasteiger partial charge in [-0.05, 0) is 18.6 Å². The van der Waals surface area contributed by atoms with Gasteiger partial charge in [0.15, 0.2) is 0 Å². The molecule has 0 fully saturated rings. The van der Waals surface area contributed by atoms with Crippen LogP contribution in [0, 0.1) is 6.92 Å². The van der Waals surface area contributed by atoms with Gasteiger partial charge in [-0.1, -0.05) is 11.6 Å². The number of hydrogen-bond acceptors (Lipinski definition) is 3. The van der Waals surface area contributed by atoms with Gasteiger partial charge >= 0.3 is 0 Å². The van der Waals surface area contributed by atoms with Gasteiger partial charge in [-0.3, -0.25) is 14.8 Å². The van der Waals surface area contributed by atoms with Gasteiger partial charge in [0.05, 0.1) is 29.7 Å². The molecular formula is C11H9ClN4O. The molecule has 0 bridgehead atoms. The fraction of sp³-hybridized carbons (Fsp3) is 0.182. The van der Waals surface area contributed by atoms with Gasteiger partial charge in [0.2, 0.25) is 0 Å². The van der Waals surface area contributed by atoms with Gasteiger partial charge in [-0.25, -0.2) is 4.98 Å². The summed E-state index contributed by atoms with van der Waals surface area (Å²) in [6.07, 6.45) is 3.29. The predicted octanol–water partition coefficient (Wildman–Crippen LogP) is 1.93. The van der Waals surface area contributed by atoms with Crippen molar-refractivity contribution >= 4 is 23.2 Å². The summed E-state index contributed by atoms with van der Waals surface area (Å²) in [6, 6.07) is 1.78. The van der Waals surface area contributed by atoms with Crippen LogP contribution >= 0.6 is 11.6 Å². The fourth-order valence-corrected chi connectivity index (χ4v) is 2.06. The van der Waals surface area contributed by atoms with Crippen molar-refractivity contribution < 1.29 is 4.79 Å². The molecule has 2 aromatic heterocycles. The third-order valence-corrected chi connectivity index (χ3v) is 3.19. The third kappa shape index (κ3) is 1.51. The summed E-state index contributed by atoms with van der Waals surface area (Å²) in [7, 11) is 0. The molecule has 5 nitrogen and oxygen atoms in total. The molecule has 86 valence electrons. The molecule has 2 aromatic rings.